The summed E-state index contributed by atoms with van der Waals surface area (Å²) in [6.45, 7) is 14.7. The summed E-state index contributed by atoms with van der Waals surface area (Å²) in [5, 5.41) is 0. The summed E-state index contributed by atoms with van der Waals surface area (Å²) in [5.74, 6) is 0. The third kappa shape index (κ3) is 4.42. The van der Waals surface area contributed by atoms with Crippen molar-refractivity contribution in [3.05, 3.63) is 0 Å². The van der Waals surface area contributed by atoms with Crippen LogP contribution in [0.2, 0.25) is 16.6 Å². The van der Waals surface area contributed by atoms with Crippen molar-refractivity contribution in [1.82, 2.24) is 0 Å². The molecule has 0 rings (SSSR count). The van der Waals surface area contributed by atoms with Crippen molar-refractivity contribution in [2.45, 2.75) is 65.1 Å². The van der Waals surface area contributed by atoms with Crippen LogP contribution in [-0.4, -0.2) is 22.3 Å². The van der Waals surface area contributed by atoms with Crippen LogP contribution in [0.5, 0.6) is 0 Å². The zero-order valence-corrected chi connectivity index (χ0v) is 14.7. The van der Waals surface area contributed by atoms with Gasteiger partial charge in [0.05, 0.1) is 0 Å². The molecule has 0 unspecified atom stereocenters. The zero-order valence-electron chi connectivity index (χ0n) is 12.2. The molecule has 0 saturated carbocycles. The summed E-state index contributed by atoms with van der Waals surface area (Å²) in [5.41, 5.74) is 0.978. The van der Waals surface area contributed by atoms with Crippen LogP contribution in [0.4, 0.5) is 0 Å². The summed E-state index contributed by atoms with van der Waals surface area (Å²) in [6, 6.07) is 0. The molecular formula is C11H28O4SiTi. The first-order valence-corrected chi connectivity index (χ1v) is 11.2. The van der Waals surface area contributed by atoms with Gasteiger partial charge in [0, 0.05) is 0 Å². The van der Waals surface area contributed by atoms with Crippen LogP contribution in [0.25, 0.3) is 0 Å². The third-order valence-corrected chi connectivity index (χ3v) is 13.3. The first-order valence-electron chi connectivity index (χ1n) is 6.39. The van der Waals surface area contributed by atoms with Gasteiger partial charge < -0.3 is 0 Å². The van der Waals surface area contributed by atoms with Gasteiger partial charge >= 0.3 is 112 Å². The number of rotatable bonds is 7. The first kappa shape index (κ1) is 17.8. The Labute approximate surface area is 112 Å². The monoisotopic (exact) mass is 300 g/mol. The number of hydrogen-bond donors (Lipinski definition) is 2. The second-order valence-electron chi connectivity index (χ2n) is 5.40. The van der Waals surface area contributed by atoms with E-state index < -0.39 is 26.5 Å². The molecule has 0 aromatic rings. The van der Waals surface area contributed by atoms with Crippen molar-refractivity contribution in [3.8, 4) is 0 Å². The Kier molecular flexibility index (Phi) is 7.11. The van der Waals surface area contributed by atoms with Gasteiger partial charge in [-0.1, -0.05) is 0 Å². The van der Waals surface area contributed by atoms with Crippen LogP contribution in [0.3, 0.4) is 0 Å². The zero-order chi connectivity index (χ0) is 13.9. The molecule has 0 amide bonds. The molecule has 0 aromatic carbocycles. The van der Waals surface area contributed by atoms with Crippen LogP contribution in [0.15, 0.2) is 0 Å². The van der Waals surface area contributed by atoms with Crippen molar-refractivity contribution in [1.29, 1.82) is 0 Å². The van der Waals surface area contributed by atoms with Gasteiger partial charge in [-0.25, -0.2) is 0 Å². The molecule has 0 aromatic heterocycles. The van der Waals surface area contributed by atoms with Gasteiger partial charge in [0.2, 0.25) is 0 Å². The first-order chi connectivity index (χ1) is 7.60. The van der Waals surface area contributed by atoms with Crippen LogP contribution < -0.4 is 0 Å². The Morgan fingerprint density at radius 2 is 1.29 bits per heavy atom. The molecular weight excluding hydrogens is 272 g/mol. The van der Waals surface area contributed by atoms with Gasteiger partial charge in [-0.3, -0.25) is 0 Å². The van der Waals surface area contributed by atoms with E-state index in [0.29, 0.717) is 16.6 Å². The molecule has 0 saturated heterocycles. The van der Waals surface area contributed by atoms with E-state index in [0.717, 1.165) is 0 Å². The Morgan fingerprint density at radius 1 is 0.941 bits per heavy atom. The average Bonchev–Trinajstić information content (AvgIpc) is 2.12. The molecule has 0 aliphatic rings. The maximum atomic E-state index is 9.93. The summed E-state index contributed by atoms with van der Waals surface area (Å²) in [7, 11) is -2.24. The topological polar surface area (TPSA) is 58.9 Å². The van der Waals surface area contributed by atoms with Gasteiger partial charge in [-0.05, 0) is 0 Å². The SMILES string of the molecule is CC[O][Ti]([OH])([OH])[O][Si](C(C)C)(C(C)C)C(C)C. The Morgan fingerprint density at radius 3 is 1.53 bits per heavy atom. The molecule has 0 atom stereocenters. The van der Waals surface area contributed by atoms with Crippen molar-refractivity contribution >= 4 is 8.32 Å². The van der Waals surface area contributed by atoms with Crippen molar-refractivity contribution < 1.29 is 31.8 Å². The molecule has 0 spiro atoms. The van der Waals surface area contributed by atoms with Gasteiger partial charge in [0.1, 0.15) is 0 Å². The molecule has 0 aliphatic carbocycles. The molecule has 0 aliphatic heterocycles. The maximum absolute atomic E-state index is 9.93. The van der Waals surface area contributed by atoms with E-state index >= 15 is 0 Å². The van der Waals surface area contributed by atoms with Crippen molar-refractivity contribution in [2.24, 2.45) is 0 Å². The van der Waals surface area contributed by atoms with Gasteiger partial charge in [-0.15, -0.1) is 0 Å². The predicted molar refractivity (Wildman–Crippen MR) is 68.2 cm³/mol. The normalized spacial score (nSPS) is 14.1. The quantitative estimate of drug-likeness (QED) is 0.710. The molecule has 4 nitrogen and oxygen atoms in total. The predicted octanol–water partition coefficient (Wildman–Crippen LogP) is 3.01. The van der Waals surface area contributed by atoms with Crippen LogP contribution >= 0.6 is 0 Å². The molecule has 6 heteroatoms. The standard InChI is InChI=1S/C9H21OSi.C2H5O.2H2O.Ti/c1-7(2)11(10,8(3)4)9(5)6;1-2-3;;;/h7-9H,1-6H3;2H2,1H3;2*1H2;/q2*-1;;;+4/p-2. The fourth-order valence-corrected chi connectivity index (χ4v) is 14.4. The van der Waals surface area contributed by atoms with E-state index in [1.165, 1.54) is 0 Å². The fourth-order valence-electron chi connectivity index (χ4n) is 2.80. The van der Waals surface area contributed by atoms with Gasteiger partial charge in [0.25, 0.3) is 0 Å². The summed E-state index contributed by atoms with van der Waals surface area (Å²) in [4.78, 5) is 0. The number of hydrogen-bond acceptors (Lipinski definition) is 4. The second kappa shape index (κ2) is 6.80. The van der Waals surface area contributed by atoms with Gasteiger partial charge in [0.15, 0.2) is 0 Å². The molecule has 104 valence electrons. The van der Waals surface area contributed by atoms with Gasteiger partial charge in [-0.2, -0.15) is 0 Å². The summed E-state index contributed by atoms with van der Waals surface area (Å²) in [6.07, 6.45) is 0. The molecule has 0 radical (unpaired) electrons. The second-order valence-corrected chi connectivity index (χ2v) is 13.9. The van der Waals surface area contributed by atoms with Crippen molar-refractivity contribution in [2.75, 3.05) is 6.61 Å². The summed E-state index contributed by atoms with van der Waals surface area (Å²) < 4.78 is 30.8. The van der Waals surface area contributed by atoms with Crippen LogP contribution in [0.1, 0.15) is 48.5 Å². The Hall–Kier alpha value is 0.771. The molecule has 0 bridgehead atoms. The third-order valence-electron chi connectivity index (χ3n) is 3.35. The molecule has 0 fully saturated rings. The Balaban J connectivity index is 5.19. The van der Waals surface area contributed by atoms with Crippen LogP contribution in [0, 0.1) is 0 Å². The molecule has 2 N–H and O–H groups in total. The fraction of sp³-hybridized carbons (Fsp3) is 1.00. The van der Waals surface area contributed by atoms with Crippen LogP contribution in [-0.2, 0) is 24.5 Å². The molecule has 0 heterocycles. The minimum atomic E-state index is -4.49. The van der Waals surface area contributed by atoms with Crippen molar-refractivity contribution in [3.63, 3.8) is 0 Å². The molecule has 17 heavy (non-hydrogen) atoms. The Bertz CT molecular complexity index is 210. The van der Waals surface area contributed by atoms with E-state index in [2.05, 4.69) is 41.5 Å². The van der Waals surface area contributed by atoms with E-state index in [1.807, 2.05) is 0 Å². The summed E-state index contributed by atoms with van der Waals surface area (Å²) >= 11 is -4.49. The minimum absolute atomic E-state index is 0.283. The average molecular weight is 300 g/mol. The van der Waals surface area contributed by atoms with E-state index in [9.17, 15) is 7.38 Å². The van der Waals surface area contributed by atoms with E-state index in [-0.39, 0.29) is 6.61 Å². The van der Waals surface area contributed by atoms with E-state index in [1.54, 1.807) is 6.92 Å². The van der Waals surface area contributed by atoms with E-state index in [4.69, 9.17) is 6.33 Å².